The molecule has 1 atom stereocenters. The first-order valence-electron chi connectivity index (χ1n) is 7.13. The molecule has 1 heterocycles. The van der Waals surface area contributed by atoms with E-state index in [4.69, 9.17) is 21.1 Å². The smallest absolute Gasteiger partial charge is 0.261 e. The van der Waals surface area contributed by atoms with Gasteiger partial charge in [0, 0.05) is 11.4 Å². The van der Waals surface area contributed by atoms with Crippen LogP contribution in [0.1, 0.15) is 5.56 Å². The fourth-order valence-electron chi connectivity index (χ4n) is 2.34. The number of hydrogen-bond donors (Lipinski definition) is 1. The molecule has 1 aliphatic rings. The highest BCUT2D eigenvalue weighted by molar-refractivity contribution is 6.30. The van der Waals surface area contributed by atoms with Crippen LogP contribution in [0.3, 0.4) is 0 Å². The maximum absolute atomic E-state index is 12.1. The summed E-state index contributed by atoms with van der Waals surface area (Å²) in [5.74, 6) is 1.38. The highest BCUT2D eigenvalue weighted by Gasteiger charge is 2.28. The van der Waals surface area contributed by atoms with Crippen molar-refractivity contribution >= 4 is 17.5 Å². The van der Waals surface area contributed by atoms with Crippen molar-refractivity contribution in [2.45, 2.75) is 12.5 Å². The molecule has 0 spiro atoms. The van der Waals surface area contributed by atoms with Crippen LogP contribution in [0.2, 0.25) is 5.02 Å². The van der Waals surface area contributed by atoms with Crippen molar-refractivity contribution in [3.05, 3.63) is 59.1 Å². The number of amides is 1. The average molecular weight is 318 g/mol. The first kappa shape index (κ1) is 14.7. The Balaban J connectivity index is 1.44. The van der Waals surface area contributed by atoms with E-state index in [1.165, 1.54) is 0 Å². The first-order valence-corrected chi connectivity index (χ1v) is 7.51. The van der Waals surface area contributed by atoms with Gasteiger partial charge < -0.3 is 14.8 Å². The second kappa shape index (κ2) is 6.71. The topological polar surface area (TPSA) is 47.6 Å². The number of carbonyl (C=O) groups is 1. The van der Waals surface area contributed by atoms with Gasteiger partial charge in [-0.15, -0.1) is 0 Å². The van der Waals surface area contributed by atoms with Crippen LogP contribution in [-0.4, -0.2) is 25.2 Å². The molecule has 0 fully saturated rings. The van der Waals surface area contributed by atoms with Crippen molar-refractivity contribution in [3.63, 3.8) is 0 Å². The molecule has 0 saturated heterocycles. The van der Waals surface area contributed by atoms with Crippen LogP contribution in [0.4, 0.5) is 0 Å². The van der Waals surface area contributed by atoms with E-state index in [1.54, 1.807) is 12.1 Å². The van der Waals surface area contributed by atoms with Crippen LogP contribution < -0.4 is 14.8 Å². The lowest BCUT2D eigenvalue weighted by molar-refractivity contribution is -0.127. The molecule has 114 valence electrons. The van der Waals surface area contributed by atoms with Gasteiger partial charge >= 0.3 is 0 Å². The van der Waals surface area contributed by atoms with Crippen LogP contribution >= 0.6 is 11.6 Å². The Kier molecular flexibility index (Phi) is 4.49. The van der Waals surface area contributed by atoms with Crippen molar-refractivity contribution in [2.24, 2.45) is 0 Å². The molecule has 1 aliphatic heterocycles. The molecule has 22 heavy (non-hydrogen) atoms. The van der Waals surface area contributed by atoms with Crippen LogP contribution in [0.5, 0.6) is 11.5 Å². The highest BCUT2D eigenvalue weighted by atomic mass is 35.5. The molecule has 0 aliphatic carbocycles. The third-order valence-electron chi connectivity index (χ3n) is 3.40. The summed E-state index contributed by atoms with van der Waals surface area (Å²) in [6, 6.07) is 14.9. The lowest BCUT2D eigenvalue weighted by Crippen LogP contribution is -2.39. The molecule has 5 heteroatoms. The van der Waals surface area contributed by atoms with Gasteiger partial charge in [-0.3, -0.25) is 4.79 Å². The van der Waals surface area contributed by atoms with E-state index in [1.807, 2.05) is 36.4 Å². The fourth-order valence-corrected chi connectivity index (χ4v) is 2.53. The van der Waals surface area contributed by atoms with E-state index in [9.17, 15) is 4.79 Å². The molecule has 0 aromatic heterocycles. The number of carbonyl (C=O) groups excluding carboxylic acids is 1. The molecular weight excluding hydrogens is 302 g/mol. The third-order valence-corrected chi connectivity index (χ3v) is 3.64. The minimum Gasteiger partial charge on any atom is -0.492 e. The zero-order chi connectivity index (χ0) is 15.4. The van der Waals surface area contributed by atoms with Gasteiger partial charge in [0.1, 0.15) is 18.1 Å². The largest absolute Gasteiger partial charge is 0.492 e. The van der Waals surface area contributed by atoms with E-state index in [0.29, 0.717) is 24.6 Å². The van der Waals surface area contributed by atoms with Crippen LogP contribution in [0.15, 0.2) is 48.5 Å². The Bertz CT molecular complexity index is 660. The molecule has 2 aromatic rings. The van der Waals surface area contributed by atoms with Crippen LogP contribution in [-0.2, 0) is 11.2 Å². The highest BCUT2D eigenvalue weighted by Crippen LogP contribution is 2.31. The van der Waals surface area contributed by atoms with Crippen molar-refractivity contribution in [3.8, 4) is 11.5 Å². The lowest BCUT2D eigenvalue weighted by Gasteiger charge is -2.12. The zero-order valence-corrected chi connectivity index (χ0v) is 12.7. The number of ether oxygens (including phenoxy) is 2. The maximum atomic E-state index is 12.1. The molecule has 1 N–H and O–H groups in total. The molecule has 1 unspecified atom stereocenters. The number of rotatable bonds is 5. The molecule has 0 saturated carbocycles. The Morgan fingerprint density at radius 2 is 2.09 bits per heavy atom. The Morgan fingerprint density at radius 3 is 2.91 bits per heavy atom. The molecule has 0 bridgehead atoms. The summed E-state index contributed by atoms with van der Waals surface area (Å²) in [4.78, 5) is 12.1. The number of benzene rings is 2. The lowest BCUT2D eigenvalue weighted by atomic mass is 10.1. The van der Waals surface area contributed by atoms with Gasteiger partial charge in [0.15, 0.2) is 6.10 Å². The number of para-hydroxylation sites is 1. The minimum atomic E-state index is -0.495. The molecule has 2 aromatic carbocycles. The fraction of sp³-hybridized carbons (Fsp3) is 0.235. The van der Waals surface area contributed by atoms with Crippen LogP contribution in [0.25, 0.3) is 0 Å². The molecule has 0 radical (unpaired) electrons. The van der Waals surface area contributed by atoms with Gasteiger partial charge in [-0.05, 0) is 35.9 Å². The van der Waals surface area contributed by atoms with Crippen molar-refractivity contribution < 1.29 is 14.3 Å². The summed E-state index contributed by atoms with van der Waals surface area (Å²) in [6.07, 6.45) is 0.0477. The zero-order valence-electron chi connectivity index (χ0n) is 11.9. The third kappa shape index (κ3) is 3.52. The number of fused-ring (bicyclic) bond motifs is 1. The van der Waals surface area contributed by atoms with E-state index < -0.39 is 6.10 Å². The number of nitrogens with one attached hydrogen (secondary N) is 1. The monoisotopic (exact) mass is 317 g/mol. The SMILES string of the molecule is O=C(NCCOc1ccccc1)C1Cc2cc(Cl)ccc2O1. The second-order valence-corrected chi connectivity index (χ2v) is 5.45. The van der Waals surface area contributed by atoms with Gasteiger partial charge in [-0.25, -0.2) is 0 Å². The summed E-state index contributed by atoms with van der Waals surface area (Å²) >= 11 is 5.94. The Hall–Kier alpha value is -2.20. The van der Waals surface area contributed by atoms with Crippen molar-refractivity contribution in [1.82, 2.24) is 5.32 Å². The molecule has 1 amide bonds. The van der Waals surface area contributed by atoms with Gasteiger partial charge in [0.05, 0.1) is 6.54 Å². The summed E-state index contributed by atoms with van der Waals surface area (Å²) in [5.41, 5.74) is 0.966. The quantitative estimate of drug-likeness (QED) is 0.863. The minimum absolute atomic E-state index is 0.135. The van der Waals surface area contributed by atoms with Gasteiger partial charge in [-0.2, -0.15) is 0 Å². The predicted octanol–water partition coefficient (Wildman–Crippen LogP) is 2.84. The van der Waals surface area contributed by atoms with Crippen LogP contribution in [0, 0.1) is 0 Å². The summed E-state index contributed by atoms with van der Waals surface area (Å²) in [7, 11) is 0. The number of hydrogen-bond acceptors (Lipinski definition) is 3. The van der Waals surface area contributed by atoms with Gasteiger partial charge in [0.25, 0.3) is 5.91 Å². The average Bonchev–Trinajstić information content (AvgIpc) is 2.95. The summed E-state index contributed by atoms with van der Waals surface area (Å²) in [6.45, 7) is 0.853. The summed E-state index contributed by atoms with van der Waals surface area (Å²) in [5, 5.41) is 3.47. The van der Waals surface area contributed by atoms with E-state index in [2.05, 4.69) is 5.32 Å². The second-order valence-electron chi connectivity index (χ2n) is 5.02. The van der Waals surface area contributed by atoms with E-state index in [-0.39, 0.29) is 5.91 Å². The standard InChI is InChI=1S/C17H16ClNO3/c18-13-6-7-15-12(10-13)11-16(22-15)17(20)19-8-9-21-14-4-2-1-3-5-14/h1-7,10,16H,8-9,11H2,(H,19,20). The van der Waals surface area contributed by atoms with E-state index >= 15 is 0 Å². The van der Waals surface area contributed by atoms with Gasteiger partial charge in [0.2, 0.25) is 0 Å². The normalized spacial score (nSPS) is 15.8. The Labute approximate surface area is 134 Å². The van der Waals surface area contributed by atoms with Crippen molar-refractivity contribution in [1.29, 1.82) is 0 Å². The number of halogens is 1. The van der Waals surface area contributed by atoms with E-state index in [0.717, 1.165) is 17.1 Å². The van der Waals surface area contributed by atoms with Gasteiger partial charge in [-0.1, -0.05) is 29.8 Å². The predicted molar refractivity (Wildman–Crippen MR) is 84.5 cm³/mol. The Morgan fingerprint density at radius 1 is 1.27 bits per heavy atom. The molecule has 3 rings (SSSR count). The molecular formula is C17H16ClNO3. The van der Waals surface area contributed by atoms with Crippen molar-refractivity contribution in [2.75, 3.05) is 13.2 Å². The maximum Gasteiger partial charge on any atom is 0.261 e. The first-order chi connectivity index (χ1) is 10.7. The molecule has 4 nitrogen and oxygen atoms in total. The summed E-state index contributed by atoms with van der Waals surface area (Å²) < 4.78 is 11.2.